The Morgan fingerprint density at radius 3 is 2.18 bits per heavy atom. The van der Waals surface area contributed by atoms with E-state index < -0.39 is 0 Å². The number of carbonyl (C=O) groups is 1. The zero-order valence-electron chi connectivity index (χ0n) is 10.9. The molecule has 1 heterocycles. The van der Waals surface area contributed by atoms with Crippen molar-refractivity contribution in [1.29, 1.82) is 0 Å². The third-order valence-corrected chi connectivity index (χ3v) is 2.54. The van der Waals surface area contributed by atoms with E-state index in [0.29, 0.717) is 0 Å². The largest absolute Gasteiger partial charge is 0.369 e. The highest BCUT2D eigenvalue weighted by Crippen LogP contribution is 2.09. The van der Waals surface area contributed by atoms with Gasteiger partial charge in [-0.3, -0.25) is 9.78 Å². The van der Waals surface area contributed by atoms with Gasteiger partial charge in [0.05, 0.1) is 0 Å². The molecule has 1 unspecified atom stereocenters. The maximum Gasteiger partial charge on any atom is 0.220 e. The van der Waals surface area contributed by atoms with Gasteiger partial charge in [0.2, 0.25) is 5.91 Å². The fourth-order valence-corrected chi connectivity index (χ4v) is 1.33. The van der Waals surface area contributed by atoms with E-state index in [1.54, 1.807) is 12.4 Å². The van der Waals surface area contributed by atoms with Crippen LogP contribution < -0.4 is 5.73 Å². The molecule has 3 heteroatoms. The Morgan fingerprint density at radius 2 is 1.82 bits per heavy atom. The van der Waals surface area contributed by atoms with Crippen LogP contribution in [0.15, 0.2) is 30.6 Å². The molecular weight excluding hydrogens is 212 g/mol. The van der Waals surface area contributed by atoms with Crippen molar-refractivity contribution in [2.24, 2.45) is 11.7 Å². The van der Waals surface area contributed by atoms with Crippen LogP contribution in [0.1, 0.15) is 46.0 Å². The molecule has 96 valence electrons. The molecular formula is C14H24N2O. The first-order valence-electron chi connectivity index (χ1n) is 6.32. The summed E-state index contributed by atoms with van der Waals surface area (Å²) in [4.78, 5) is 14.4. The van der Waals surface area contributed by atoms with Crippen molar-refractivity contribution in [3.8, 4) is 0 Å². The number of hydrogen-bond acceptors (Lipinski definition) is 2. The van der Waals surface area contributed by atoms with E-state index in [9.17, 15) is 4.79 Å². The van der Waals surface area contributed by atoms with Crippen LogP contribution in [0.4, 0.5) is 0 Å². The first kappa shape index (κ1) is 15.6. The van der Waals surface area contributed by atoms with Crippen molar-refractivity contribution in [1.82, 2.24) is 4.98 Å². The number of carbonyl (C=O) groups excluding carboxylic acids is 1. The lowest BCUT2D eigenvalue weighted by Crippen LogP contribution is -2.20. The topological polar surface area (TPSA) is 56.0 Å². The van der Waals surface area contributed by atoms with Gasteiger partial charge in [0, 0.05) is 18.3 Å². The molecule has 17 heavy (non-hydrogen) atoms. The molecule has 0 fully saturated rings. The van der Waals surface area contributed by atoms with Crippen molar-refractivity contribution in [2.75, 3.05) is 0 Å². The number of primary amides is 1. The summed E-state index contributed by atoms with van der Waals surface area (Å²) < 4.78 is 0. The number of unbranched alkanes of at least 4 members (excludes halogenated alkanes) is 3. The normalized spacial score (nSPS) is 11.2. The second kappa shape index (κ2) is 11.1. The molecule has 0 saturated heterocycles. The Bertz CT molecular complexity index is 248. The maximum absolute atomic E-state index is 10.6. The fraction of sp³-hybridized carbons (Fsp3) is 0.571. The second-order valence-corrected chi connectivity index (χ2v) is 4.18. The fourth-order valence-electron chi connectivity index (χ4n) is 1.33. The molecule has 1 atom stereocenters. The van der Waals surface area contributed by atoms with Crippen LogP contribution in [0, 0.1) is 5.92 Å². The summed E-state index contributed by atoms with van der Waals surface area (Å²) >= 11 is 0. The predicted octanol–water partition coefficient (Wildman–Crippen LogP) is 3.16. The van der Waals surface area contributed by atoms with E-state index in [0.717, 1.165) is 12.8 Å². The average Bonchev–Trinajstić information content (AvgIpc) is 2.37. The van der Waals surface area contributed by atoms with Gasteiger partial charge in [-0.15, -0.1) is 0 Å². The standard InChI is InChI=1S/C9H19NO.C5H5N/c1-3-4-5-6-7-8(2)9(10)11;1-2-4-6-5-3-1/h8H,3-7H2,1-2H3,(H2,10,11);1-5H. The highest BCUT2D eigenvalue weighted by atomic mass is 16.1. The summed E-state index contributed by atoms with van der Waals surface area (Å²) in [5.41, 5.74) is 5.11. The van der Waals surface area contributed by atoms with Crippen LogP contribution in [0.25, 0.3) is 0 Å². The van der Waals surface area contributed by atoms with E-state index in [1.807, 2.05) is 25.1 Å². The molecule has 1 aromatic rings. The molecule has 1 rings (SSSR count). The second-order valence-electron chi connectivity index (χ2n) is 4.18. The summed E-state index contributed by atoms with van der Waals surface area (Å²) in [7, 11) is 0. The Morgan fingerprint density at radius 1 is 1.18 bits per heavy atom. The third-order valence-electron chi connectivity index (χ3n) is 2.54. The number of pyridine rings is 1. The van der Waals surface area contributed by atoms with Gasteiger partial charge >= 0.3 is 0 Å². The molecule has 0 aliphatic rings. The quantitative estimate of drug-likeness (QED) is 0.771. The van der Waals surface area contributed by atoms with E-state index in [1.165, 1.54) is 19.3 Å². The molecule has 0 bridgehead atoms. The molecule has 0 saturated carbocycles. The highest BCUT2D eigenvalue weighted by molar-refractivity contribution is 5.76. The van der Waals surface area contributed by atoms with Crippen LogP contribution in [-0.4, -0.2) is 10.9 Å². The molecule has 0 aliphatic heterocycles. The number of amides is 1. The van der Waals surface area contributed by atoms with Crippen LogP contribution in [0.5, 0.6) is 0 Å². The summed E-state index contributed by atoms with van der Waals surface area (Å²) in [6.07, 6.45) is 9.33. The minimum atomic E-state index is -0.165. The van der Waals surface area contributed by atoms with Gasteiger partial charge in [-0.2, -0.15) is 0 Å². The first-order chi connectivity index (χ1) is 8.18. The number of aromatic nitrogens is 1. The number of rotatable bonds is 6. The first-order valence-corrected chi connectivity index (χ1v) is 6.32. The maximum atomic E-state index is 10.6. The monoisotopic (exact) mass is 236 g/mol. The molecule has 0 radical (unpaired) electrons. The Balaban J connectivity index is 0.000000354. The van der Waals surface area contributed by atoms with Crippen molar-refractivity contribution in [3.05, 3.63) is 30.6 Å². The summed E-state index contributed by atoms with van der Waals surface area (Å²) in [6.45, 7) is 4.08. The molecule has 3 nitrogen and oxygen atoms in total. The van der Waals surface area contributed by atoms with E-state index in [2.05, 4.69) is 11.9 Å². The SMILES string of the molecule is CCCCCCC(C)C(N)=O.c1ccncc1. The van der Waals surface area contributed by atoms with Gasteiger partial charge in [-0.05, 0) is 18.6 Å². The molecule has 1 amide bonds. The van der Waals surface area contributed by atoms with Crippen molar-refractivity contribution < 1.29 is 4.79 Å². The van der Waals surface area contributed by atoms with Crippen LogP contribution in [0.2, 0.25) is 0 Å². The zero-order chi connectivity index (χ0) is 12.9. The lowest BCUT2D eigenvalue weighted by molar-refractivity contribution is -0.121. The van der Waals surface area contributed by atoms with Crippen LogP contribution >= 0.6 is 0 Å². The van der Waals surface area contributed by atoms with Crippen molar-refractivity contribution in [3.63, 3.8) is 0 Å². The van der Waals surface area contributed by atoms with Gasteiger partial charge in [-0.25, -0.2) is 0 Å². The molecule has 2 N–H and O–H groups in total. The summed E-state index contributed by atoms with van der Waals surface area (Å²) in [6, 6.07) is 5.72. The minimum absolute atomic E-state index is 0.0619. The predicted molar refractivity (Wildman–Crippen MR) is 71.4 cm³/mol. The zero-order valence-corrected chi connectivity index (χ0v) is 10.9. The smallest absolute Gasteiger partial charge is 0.220 e. The van der Waals surface area contributed by atoms with Gasteiger partial charge in [0.1, 0.15) is 0 Å². The summed E-state index contributed by atoms with van der Waals surface area (Å²) in [5.74, 6) is -0.103. The minimum Gasteiger partial charge on any atom is -0.369 e. The molecule has 0 aliphatic carbocycles. The lowest BCUT2D eigenvalue weighted by atomic mass is 10.0. The Kier molecular flexibility index (Phi) is 10.2. The van der Waals surface area contributed by atoms with Crippen molar-refractivity contribution >= 4 is 5.91 Å². The average molecular weight is 236 g/mol. The van der Waals surface area contributed by atoms with E-state index >= 15 is 0 Å². The Hall–Kier alpha value is -1.38. The molecule has 0 aromatic carbocycles. The lowest BCUT2D eigenvalue weighted by Gasteiger charge is -2.05. The van der Waals surface area contributed by atoms with Gasteiger partial charge in [0.25, 0.3) is 0 Å². The summed E-state index contributed by atoms with van der Waals surface area (Å²) in [5, 5.41) is 0. The molecule has 0 spiro atoms. The van der Waals surface area contributed by atoms with Gasteiger partial charge in [-0.1, -0.05) is 45.6 Å². The van der Waals surface area contributed by atoms with Crippen LogP contribution in [-0.2, 0) is 4.79 Å². The van der Waals surface area contributed by atoms with E-state index in [4.69, 9.17) is 5.73 Å². The number of nitrogens with two attached hydrogens (primary N) is 1. The van der Waals surface area contributed by atoms with Crippen molar-refractivity contribution in [2.45, 2.75) is 46.0 Å². The highest BCUT2D eigenvalue weighted by Gasteiger charge is 2.06. The van der Waals surface area contributed by atoms with E-state index in [-0.39, 0.29) is 11.8 Å². The van der Waals surface area contributed by atoms with Gasteiger partial charge < -0.3 is 5.73 Å². The van der Waals surface area contributed by atoms with Crippen LogP contribution in [0.3, 0.4) is 0 Å². The number of hydrogen-bond donors (Lipinski definition) is 1. The van der Waals surface area contributed by atoms with Gasteiger partial charge in [0.15, 0.2) is 0 Å². The Labute approximate surface area is 104 Å². The molecule has 1 aromatic heterocycles. The number of nitrogens with zero attached hydrogens (tertiary/aromatic N) is 1. The third kappa shape index (κ3) is 10.9.